The number of ether oxygens (including phenoxy) is 2. The highest BCUT2D eigenvalue weighted by molar-refractivity contribution is 6.43. The number of carbonyl (C=O) groups is 3. The zero-order chi connectivity index (χ0) is 33.2. The van der Waals surface area contributed by atoms with E-state index in [4.69, 9.17) is 9.47 Å². The van der Waals surface area contributed by atoms with E-state index in [9.17, 15) is 14.4 Å². The molecule has 1 atom stereocenters. The van der Waals surface area contributed by atoms with E-state index in [0.29, 0.717) is 17.9 Å². The lowest BCUT2D eigenvalue weighted by Gasteiger charge is -2.37. The van der Waals surface area contributed by atoms with Crippen molar-refractivity contribution in [3.05, 3.63) is 130 Å². The summed E-state index contributed by atoms with van der Waals surface area (Å²) in [5.41, 5.74) is 5.18. The van der Waals surface area contributed by atoms with E-state index in [1.165, 1.54) is 30.2 Å². The van der Waals surface area contributed by atoms with Gasteiger partial charge in [0.25, 0.3) is 11.7 Å². The van der Waals surface area contributed by atoms with Crippen LogP contribution < -0.4 is 14.8 Å². The lowest BCUT2D eigenvalue weighted by molar-refractivity contribution is -0.138. The van der Waals surface area contributed by atoms with Crippen molar-refractivity contribution >= 4 is 17.6 Å². The van der Waals surface area contributed by atoms with Crippen molar-refractivity contribution in [2.24, 2.45) is 0 Å². The maximum absolute atomic E-state index is 14.3. The second kappa shape index (κ2) is 16.1. The fourth-order valence-electron chi connectivity index (χ4n) is 6.50. The Bertz CT molecular complexity index is 1600. The first-order valence-electron chi connectivity index (χ1n) is 16.4. The Morgan fingerprint density at radius 3 is 1.87 bits per heavy atom. The van der Waals surface area contributed by atoms with Crippen LogP contribution in [0.25, 0.3) is 0 Å². The average molecular weight is 633 g/mol. The molecule has 0 saturated heterocycles. The molecule has 5 rings (SSSR count). The summed E-state index contributed by atoms with van der Waals surface area (Å²) in [6.45, 7) is 2.08. The van der Waals surface area contributed by atoms with Crippen LogP contribution in [0, 0.1) is 6.92 Å². The molecule has 4 aromatic carbocycles. The first kappa shape index (κ1) is 33.5. The molecule has 0 bridgehead atoms. The molecule has 1 unspecified atom stereocenters. The lowest BCUT2D eigenvalue weighted by atomic mass is 9.90. The Balaban J connectivity index is 1.37. The maximum atomic E-state index is 14.3. The highest BCUT2D eigenvalue weighted by Crippen LogP contribution is 2.33. The largest absolute Gasteiger partial charge is 0.496 e. The Morgan fingerprint density at radius 1 is 0.787 bits per heavy atom. The molecule has 4 aromatic rings. The van der Waals surface area contributed by atoms with Crippen LogP contribution in [0.5, 0.6) is 11.5 Å². The zero-order valence-electron chi connectivity index (χ0n) is 27.5. The fraction of sp³-hybridized carbons (Fsp3) is 0.325. The maximum Gasteiger partial charge on any atom is 0.295 e. The van der Waals surface area contributed by atoms with E-state index < -0.39 is 17.7 Å². The molecule has 1 heterocycles. The summed E-state index contributed by atoms with van der Waals surface area (Å²) in [5, 5.41) is 3.32. The van der Waals surface area contributed by atoms with Gasteiger partial charge in [0.15, 0.2) is 0 Å². The van der Waals surface area contributed by atoms with Crippen LogP contribution >= 0.6 is 0 Å². The number of hydrogen-bond acceptors (Lipinski definition) is 5. The van der Waals surface area contributed by atoms with Crippen LogP contribution in [0.15, 0.2) is 97.1 Å². The van der Waals surface area contributed by atoms with Gasteiger partial charge in [0, 0.05) is 23.7 Å². The van der Waals surface area contributed by atoms with Gasteiger partial charge in [-0.3, -0.25) is 14.4 Å². The van der Waals surface area contributed by atoms with Crippen molar-refractivity contribution in [3.8, 4) is 11.5 Å². The number of methoxy groups -OCH3 is 2. The van der Waals surface area contributed by atoms with Gasteiger partial charge >= 0.3 is 0 Å². The Kier molecular flexibility index (Phi) is 11.4. The summed E-state index contributed by atoms with van der Waals surface area (Å²) < 4.78 is 10.9. The second-order valence-electron chi connectivity index (χ2n) is 12.1. The van der Waals surface area contributed by atoms with Gasteiger partial charge in [0.1, 0.15) is 17.5 Å². The van der Waals surface area contributed by atoms with E-state index in [2.05, 4.69) is 29.6 Å². The number of nitrogens with zero attached hydrogens (tertiary/aromatic N) is 1. The zero-order valence-corrected chi connectivity index (χ0v) is 27.5. The van der Waals surface area contributed by atoms with Crippen LogP contribution in [0.4, 0.5) is 0 Å². The minimum atomic E-state index is -0.920. The number of benzene rings is 4. The van der Waals surface area contributed by atoms with Crippen LogP contribution in [-0.2, 0) is 28.9 Å². The summed E-state index contributed by atoms with van der Waals surface area (Å²) in [6.07, 6.45) is 5.83. The minimum Gasteiger partial charge on any atom is -0.496 e. The van der Waals surface area contributed by atoms with Gasteiger partial charge in [-0.15, -0.1) is 0 Å². The predicted octanol–water partition coefficient (Wildman–Crippen LogP) is 6.85. The van der Waals surface area contributed by atoms with E-state index in [1.807, 2.05) is 67.6 Å². The number of rotatable bonds is 14. The highest BCUT2D eigenvalue weighted by atomic mass is 16.5. The highest BCUT2D eigenvalue weighted by Gasteiger charge is 2.39. The van der Waals surface area contributed by atoms with Crippen molar-refractivity contribution in [1.29, 1.82) is 0 Å². The number of ketones is 1. The van der Waals surface area contributed by atoms with Crippen LogP contribution in [0.1, 0.15) is 69.9 Å². The molecule has 1 N–H and O–H groups in total. The summed E-state index contributed by atoms with van der Waals surface area (Å²) in [5.74, 6) is -0.791. The van der Waals surface area contributed by atoms with Crippen molar-refractivity contribution in [1.82, 2.24) is 10.2 Å². The standard InChI is InChI=1S/C40H44N2O5/c1-28-35(46-2)26-32(27-36(28)47-3)38(43)40(45)42-25-24-31-20-10-11-23-34(31)37(42)39(44)41-33(21-12-18-29-14-6-4-7-15-29)22-13-19-30-16-8-5-9-17-30/h4-11,14-17,20,23,26-27,33,37H,12-13,18-19,21-22,24-25H2,1-3H3,(H,41,44). The summed E-state index contributed by atoms with van der Waals surface area (Å²) in [7, 11) is 3.02. The van der Waals surface area contributed by atoms with Gasteiger partial charge < -0.3 is 19.7 Å². The van der Waals surface area contributed by atoms with Crippen molar-refractivity contribution in [2.45, 2.75) is 64.0 Å². The van der Waals surface area contributed by atoms with Crippen molar-refractivity contribution in [3.63, 3.8) is 0 Å². The molecule has 7 nitrogen and oxygen atoms in total. The molecule has 0 aliphatic carbocycles. The Hall–Kier alpha value is -4.91. The van der Waals surface area contributed by atoms with Gasteiger partial charge in [0.2, 0.25) is 5.91 Å². The first-order chi connectivity index (χ1) is 22.9. The number of fused-ring (bicyclic) bond motifs is 1. The molecule has 7 heteroatoms. The normalized spacial score (nSPS) is 14.0. The van der Waals surface area contributed by atoms with Crippen LogP contribution in [-0.4, -0.2) is 49.3 Å². The minimum absolute atomic E-state index is 0.0812. The molecule has 0 saturated carbocycles. The molecule has 47 heavy (non-hydrogen) atoms. The van der Waals surface area contributed by atoms with Gasteiger partial charge in [-0.2, -0.15) is 0 Å². The Labute approximate surface area is 277 Å². The average Bonchev–Trinajstić information content (AvgIpc) is 3.11. The van der Waals surface area contributed by atoms with Crippen LogP contribution in [0.3, 0.4) is 0 Å². The Morgan fingerprint density at radius 2 is 1.32 bits per heavy atom. The van der Waals surface area contributed by atoms with Gasteiger partial charge in [-0.25, -0.2) is 0 Å². The third kappa shape index (κ3) is 8.28. The van der Waals surface area contributed by atoms with E-state index >= 15 is 0 Å². The molecule has 1 aliphatic heterocycles. The van der Waals surface area contributed by atoms with E-state index in [0.717, 1.165) is 55.2 Å². The summed E-state index contributed by atoms with van der Waals surface area (Å²) in [6, 6.07) is 30.5. The van der Waals surface area contributed by atoms with E-state index in [1.54, 1.807) is 12.1 Å². The molecule has 0 spiro atoms. The molecule has 0 radical (unpaired) electrons. The van der Waals surface area contributed by atoms with Crippen molar-refractivity contribution in [2.75, 3.05) is 20.8 Å². The first-order valence-corrected chi connectivity index (χ1v) is 16.4. The SMILES string of the molecule is COc1cc(C(=O)C(=O)N2CCc3ccccc3C2C(=O)NC(CCCc2ccccc2)CCCc2ccccc2)cc(OC)c1C. The monoisotopic (exact) mass is 632 g/mol. The summed E-state index contributed by atoms with van der Waals surface area (Å²) in [4.78, 5) is 43.4. The number of Topliss-reactive ketones (excluding diaryl/α,β-unsaturated/α-hetero) is 1. The number of amides is 2. The molecular formula is C40H44N2O5. The summed E-state index contributed by atoms with van der Waals surface area (Å²) >= 11 is 0. The number of carbonyl (C=O) groups excluding carboxylic acids is 3. The number of aryl methyl sites for hydroxylation is 2. The topological polar surface area (TPSA) is 84.9 Å². The second-order valence-corrected chi connectivity index (χ2v) is 12.1. The molecule has 0 aromatic heterocycles. The van der Waals surface area contributed by atoms with E-state index in [-0.39, 0.29) is 24.1 Å². The molecule has 244 valence electrons. The number of hydrogen-bond donors (Lipinski definition) is 1. The smallest absolute Gasteiger partial charge is 0.295 e. The quantitative estimate of drug-likeness (QED) is 0.121. The lowest BCUT2D eigenvalue weighted by Crippen LogP contribution is -2.51. The molecular weight excluding hydrogens is 588 g/mol. The molecule has 0 fully saturated rings. The van der Waals surface area contributed by atoms with Gasteiger partial charge in [0.05, 0.1) is 14.2 Å². The third-order valence-electron chi connectivity index (χ3n) is 9.07. The van der Waals surface area contributed by atoms with Crippen molar-refractivity contribution < 1.29 is 23.9 Å². The van der Waals surface area contributed by atoms with Crippen LogP contribution in [0.2, 0.25) is 0 Å². The third-order valence-corrected chi connectivity index (χ3v) is 9.07. The van der Waals surface area contributed by atoms with Gasteiger partial charge in [-0.05, 0) is 86.3 Å². The fourth-order valence-corrected chi connectivity index (χ4v) is 6.50. The predicted molar refractivity (Wildman–Crippen MR) is 184 cm³/mol. The number of nitrogens with one attached hydrogen (secondary N) is 1. The van der Waals surface area contributed by atoms with Gasteiger partial charge in [-0.1, -0.05) is 84.9 Å². The molecule has 2 amide bonds. The molecule has 1 aliphatic rings.